The quantitative estimate of drug-likeness (QED) is 0.500. The molecule has 1 fully saturated rings. The SMILES string of the molecule is CC(O)(CO)CNC1CCC(N)CC1. The Morgan fingerprint density at radius 1 is 1.36 bits per heavy atom. The highest BCUT2D eigenvalue weighted by Crippen LogP contribution is 2.17. The molecule has 0 aliphatic heterocycles. The second-order valence-electron chi connectivity index (χ2n) is 4.65. The monoisotopic (exact) mass is 202 g/mol. The molecule has 0 spiro atoms. The Labute approximate surface area is 85.5 Å². The maximum absolute atomic E-state index is 9.57. The van der Waals surface area contributed by atoms with E-state index in [4.69, 9.17) is 10.8 Å². The number of rotatable bonds is 4. The van der Waals surface area contributed by atoms with Crippen LogP contribution in [0.3, 0.4) is 0 Å². The van der Waals surface area contributed by atoms with Crippen molar-refractivity contribution in [2.75, 3.05) is 13.2 Å². The average molecular weight is 202 g/mol. The largest absolute Gasteiger partial charge is 0.393 e. The predicted octanol–water partition coefficient (Wildman–Crippen LogP) is -0.411. The Morgan fingerprint density at radius 2 is 1.93 bits per heavy atom. The summed E-state index contributed by atoms with van der Waals surface area (Å²) in [6.45, 7) is 1.88. The molecule has 0 amide bonds. The van der Waals surface area contributed by atoms with Gasteiger partial charge in [0, 0.05) is 18.6 Å². The van der Waals surface area contributed by atoms with Crippen LogP contribution < -0.4 is 11.1 Å². The molecule has 4 nitrogen and oxygen atoms in total. The summed E-state index contributed by atoms with van der Waals surface area (Å²) in [4.78, 5) is 0. The Balaban J connectivity index is 2.19. The van der Waals surface area contributed by atoms with E-state index >= 15 is 0 Å². The molecule has 4 heteroatoms. The molecule has 1 unspecified atom stereocenters. The topological polar surface area (TPSA) is 78.5 Å². The molecule has 0 aromatic carbocycles. The van der Waals surface area contributed by atoms with Crippen molar-refractivity contribution in [2.24, 2.45) is 5.73 Å². The number of nitrogens with two attached hydrogens (primary N) is 1. The summed E-state index contributed by atoms with van der Waals surface area (Å²) < 4.78 is 0. The van der Waals surface area contributed by atoms with E-state index in [9.17, 15) is 5.11 Å². The Kier molecular flexibility index (Phi) is 4.31. The zero-order valence-electron chi connectivity index (χ0n) is 8.87. The molecule has 14 heavy (non-hydrogen) atoms. The van der Waals surface area contributed by atoms with Crippen LogP contribution in [0.5, 0.6) is 0 Å². The van der Waals surface area contributed by atoms with Crippen LogP contribution in [0.1, 0.15) is 32.6 Å². The maximum atomic E-state index is 9.57. The number of nitrogens with one attached hydrogen (secondary N) is 1. The summed E-state index contributed by atoms with van der Waals surface area (Å²) in [5.41, 5.74) is 4.79. The predicted molar refractivity (Wildman–Crippen MR) is 55.9 cm³/mol. The summed E-state index contributed by atoms with van der Waals surface area (Å²) in [5, 5.41) is 21.7. The standard InChI is InChI=1S/C10H22N2O2/c1-10(14,7-13)6-12-9-4-2-8(11)3-5-9/h8-9,12-14H,2-7,11H2,1H3. The first-order valence-corrected chi connectivity index (χ1v) is 5.36. The molecule has 1 aliphatic rings. The molecule has 0 aromatic heterocycles. The molecule has 1 aliphatic carbocycles. The van der Waals surface area contributed by atoms with Gasteiger partial charge >= 0.3 is 0 Å². The van der Waals surface area contributed by atoms with Gasteiger partial charge in [0.25, 0.3) is 0 Å². The molecule has 0 aromatic rings. The number of hydrogen-bond donors (Lipinski definition) is 4. The van der Waals surface area contributed by atoms with Crippen LogP contribution in [0, 0.1) is 0 Å². The third kappa shape index (κ3) is 3.92. The van der Waals surface area contributed by atoms with Crippen LogP contribution in [0.2, 0.25) is 0 Å². The van der Waals surface area contributed by atoms with Gasteiger partial charge in [-0.2, -0.15) is 0 Å². The number of aliphatic hydroxyl groups excluding tert-OH is 1. The first-order chi connectivity index (χ1) is 6.53. The van der Waals surface area contributed by atoms with E-state index in [-0.39, 0.29) is 6.61 Å². The fourth-order valence-corrected chi connectivity index (χ4v) is 1.74. The summed E-state index contributed by atoms with van der Waals surface area (Å²) in [6.07, 6.45) is 4.25. The van der Waals surface area contributed by atoms with Crippen molar-refractivity contribution >= 4 is 0 Å². The van der Waals surface area contributed by atoms with E-state index in [2.05, 4.69) is 5.32 Å². The molecule has 1 saturated carbocycles. The van der Waals surface area contributed by atoms with E-state index < -0.39 is 5.60 Å². The summed E-state index contributed by atoms with van der Waals surface area (Å²) in [6, 6.07) is 0.805. The van der Waals surface area contributed by atoms with Gasteiger partial charge < -0.3 is 21.3 Å². The van der Waals surface area contributed by atoms with Crippen molar-refractivity contribution in [1.82, 2.24) is 5.32 Å². The van der Waals surface area contributed by atoms with Gasteiger partial charge in [-0.05, 0) is 32.6 Å². The van der Waals surface area contributed by atoms with Gasteiger partial charge in [-0.15, -0.1) is 0 Å². The van der Waals surface area contributed by atoms with Crippen molar-refractivity contribution < 1.29 is 10.2 Å². The van der Waals surface area contributed by atoms with Crippen LogP contribution in [0.25, 0.3) is 0 Å². The van der Waals surface area contributed by atoms with E-state index in [1.165, 1.54) is 0 Å². The van der Waals surface area contributed by atoms with Crippen LogP contribution in [-0.2, 0) is 0 Å². The average Bonchev–Trinajstić information content (AvgIpc) is 2.17. The second-order valence-corrected chi connectivity index (χ2v) is 4.65. The van der Waals surface area contributed by atoms with E-state index in [1.807, 2.05) is 0 Å². The maximum Gasteiger partial charge on any atom is 0.0972 e. The Morgan fingerprint density at radius 3 is 2.43 bits per heavy atom. The lowest BCUT2D eigenvalue weighted by Gasteiger charge is -2.30. The van der Waals surface area contributed by atoms with Gasteiger partial charge in [-0.3, -0.25) is 0 Å². The molecule has 1 atom stereocenters. The first-order valence-electron chi connectivity index (χ1n) is 5.36. The molecule has 0 bridgehead atoms. The van der Waals surface area contributed by atoms with E-state index in [1.54, 1.807) is 6.92 Å². The molecule has 5 N–H and O–H groups in total. The van der Waals surface area contributed by atoms with Crippen molar-refractivity contribution in [1.29, 1.82) is 0 Å². The van der Waals surface area contributed by atoms with Crippen LogP contribution in [0.4, 0.5) is 0 Å². The lowest BCUT2D eigenvalue weighted by molar-refractivity contribution is -0.000196. The van der Waals surface area contributed by atoms with Crippen LogP contribution >= 0.6 is 0 Å². The van der Waals surface area contributed by atoms with E-state index in [0.29, 0.717) is 18.6 Å². The lowest BCUT2D eigenvalue weighted by Crippen LogP contribution is -2.46. The second kappa shape index (κ2) is 5.07. The van der Waals surface area contributed by atoms with Crippen molar-refractivity contribution in [3.8, 4) is 0 Å². The normalized spacial score (nSPS) is 32.6. The number of hydrogen-bond acceptors (Lipinski definition) is 4. The first kappa shape index (κ1) is 11.9. The third-order valence-corrected chi connectivity index (χ3v) is 2.88. The summed E-state index contributed by atoms with van der Waals surface area (Å²) in [5.74, 6) is 0. The molecule has 0 radical (unpaired) electrons. The fourth-order valence-electron chi connectivity index (χ4n) is 1.74. The highest BCUT2D eigenvalue weighted by Gasteiger charge is 2.23. The number of aliphatic hydroxyl groups is 2. The van der Waals surface area contributed by atoms with Gasteiger partial charge in [0.15, 0.2) is 0 Å². The van der Waals surface area contributed by atoms with Gasteiger partial charge in [-0.1, -0.05) is 0 Å². The smallest absolute Gasteiger partial charge is 0.0972 e. The van der Waals surface area contributed by atoms with Crippen molar-refractivity contribution in [3.05, 3.63) is 0 Å². The van der Waals surface area contributed by atoms with Crippen LogP contribution in [-0.4, -0.2) is 41.0 Å². The minimum absolute atomic E-state index is 0.202. The highest BCUT2D eigenvalue weighted by atomic mass is 16.3. The zero-order chi connectivity index (χ0) is 10.6. The summed E-state index contributed by atoms with van der Waals surface area (Å²) >= 11 is 0. The third-order valence-electron chi connectivity index (χ3n) is 2.88. The molecular formula is C10H22N2O2. The van der Waals surface area contributed by atoms with Gasteiger partial charge in [0.05, 0.1) is 12.2 Å². The van der Waals surface area contributed by atoms with Gasteiger partial charge in [0.1, 0.15) is 0 Å². The van der Waals surface area contributed by atoms with Gasteiger partial charge in [-0.25, -0.2) is 0 Å². The zero-order valence-corrected chi connectivity index (χ0v) is 8.87. The fraction of sp³-hybridized carbons (Fsp3) is 1.00. The van der Waals surface area contributed by atoms with Crippen LogP contribution in [0.15, 0.2) is 0 Å². The van der Waals surface area contributed by atoms with E-state index in [0.717, 1.165) is 25.7 Å². The lowest BCUT2D eigenvalue weighted by atomic mass is 9.91. The molecular weight excluding hydrogens is 180 g/mol. The van der Waals surface area contributed by atoms with Gasteiger partial charge in [0.2, 0.25) is 0 Å². The molecule has 84 valence electrons. The minimum atomic E-state index is -1.00. The van der Waals surface area contributed by atoms with Crippen molar-refractivity contribution in [3.63, 3.8) is 0 Å². The van der Waals surface area contributed by atoms with Crippen molar-refractivity contribution in [2.45, 2.75) is 50.3 Å². The Bertz CT molecular complexity index is 166. The Hall–Kier alpha value is -0.160. The molecule has 0 heterocycles. The minimum Gasteiger partial charge on any atom is -0.393 e. The molecule has 1 rings (SSSR count). The summed E-state index contributed by atoms with van der Waals surface area (Å²) in [7, 11) is 0. The highest BCUT2D eigenvalue weighted by molar-refractivity contribution is 4.82. The molecule has 0 saturated heterocycles.